The summed E-state index contributed by atoms with van der Waals surface area (Å²) in [6, 6.07) is 22.3. The van der Waals surface area contributed by atoms with Crippen molar-refractivity contribution in [2.75, 3.05) is 0 Å². The van der Waals surface area contributed by atoms with E-state index in [1.807, 2.05) is 66.3 Å². The zero-order valence-electron chi connectivity index (χ0n) is 24.8. The van der Waals surface area contributed by atoms with Crippen LogP contribution in [0, 0.1) is 0 Å². The van der Waals surface area contributed by atoms with Crippen LogP contribution in [-0.2, 0) is 29.7 Å². The van der Waals surface area contributed by atoms with Crippen molar-refractivity contribution >= 4 is 33.7 Å². The number of aliphatic carboxylic acids is 2. The number of nitrogens with zero attached hydrogens (tertiary/aromatic N) is 4. The van der Waals surface area contributed by atoms with Gasteiger partial charge in [-0.1, -0.05) is 42.5 Å². The molecule has 0 aliphatic rings. The first kappa shape index (κ1) is 35.0. The van der Waals surface area contributed by atoms with E-state index in [2.05, 4.69) is 38.9 Å². The van der Waals surface area contributed by atoms with E-state index in [4.69, 9.17) is 25.5 Å². The predicted octanol–water partition coefficient (Wildman–Crippen LogP) is 5.45. The SMILES string of the molecule is Cn1cc(-n2c(-c3cn(Cc4cccc(CN)n4)c4ccccc34)c[nH]c2=O)c2ccccc21.O=C(O)C(F)(F)F.O=C(O)C(F)(F)F. The second-order valence-electron chi connectivity index (χ2n) is 10.1. The number of H-pyrrole nitrogens is 1. The van der Waals surface area contributed by atoms with Crippen LogP contribution in [0.3, 0.4) is 0 Å². The number of para-hydroxylation sites is 2. The van der Waals surface area contributed by atoms with Crippen LogP contribution in [0.1, 0.15) is 11.4 Å². The number of benzene rings is 2. The summed E-state index contributed by atoms with van der Waals surface area (Å²) in [5.41, 5.74) is 12.2. The molecule has 0 atom stereocenters. The summed E-state index contributed by atoms with van der Waals surface area (Å²) in [6.45, 7) is 1.02. The Bertz CT molecular complexity index is 2120. The summed E-state index contributed by atoms with van der Waals surface area (Å²) < 4.78 is 69.5. The number of carbonyl (C=O) groups is 2. The van der Waals surface area contributed by atoms with Gasteiger partial charge in [0.25, 0.3) is 0 Å². The van der Waals surface area contributed by atoms with Gasteiger partial charge in [0.1, 0.15) is 0 Å². The fourth-order valence-electron chi connectivity index (χ4n) is 4.79. The molecule has 5 N–H and O–H groups in total. The molecule has 17 heteroatoms. The predicted molar refractivity (Wildman–Crippen MR) is 162 cm³/mol. The van der Waals surface area contributed by atoms with Crippen LogP contribution in [0.25, 0.3) is 38.8 Å². The minimum absolute atomic E-state index is 0.166. The number of halogens is 6. The van der Waals surface area contributed by atoms with Crippen molar-refractivity contribution in [3.8, 4) is 16.9 Å². The Hall–Kier alpha value is -5.84. The van der Waals surface area contributed by atoms with E-state index >= 15 is 0 Å². The van der Waals surface area contributed by atoms with Crippen molar-refractivity contribution in [3.05, 3.63) is 107 Å². The molecule has 11 nitrogen and oxygen atoms in total. The number of aryl methyl sites for hydroxylation is 1. The summed E-state index contributed by atoms with van der Waals surface area (Å²) in [4.78, 5) is 38.4. The van der Waals surface area contributed by atoms with Gasteiger partial charge >= 0.3 is 30.0 Å². The van der Waals surface area contributed by atoms with Gasteiger partial charge in [-0.25, -0.2) is 14.4 Å². The number of hydrogen-bond donors (Lipinski definition) is 4. The molecule has 0 bridgehead atoms. The van der Waals surface area contributed by atoms with E-state index in [9.17, 15) is 31.1 Å². The molecule has 48 heavy (non-hydrogen) atoms. The van der Waals surface area contributed by atoms with Gasteiger partial charge in [0.2, 0.25) is 0 Å². The molecular formula is C31H26F6N6O5. The highest BCUT2D eigenvalue weighted by Gasteiger charge is 2.38. The van der Waals surface area contributed by atoms with Crippen molar-refractivity contribution < 1.29 is 46.1 Å². The number of pyridine rings is 1. The molecule has 0 saturated heterocycles. The molecular weight excluding hydrogens is 650 g/mol. The van der Waals surface area contributed by atoms with Crippen molar-refractivity contribution in [1.29, 1.82) is 0 Å². The lowest BCUT2D eigenvalue weighted by molar-refractivity contribution is -0.193. The minimum Gasteiger partial charge on any atom is -0.475 e. The molecule has 0 amide bonds. The van der Waals surface area contributed by atoms with Gasteiger partial charge in [-0.15, -0.1) is 0 Å². The summed E-state index contributed by atoms with van der Waals surface area (Å²) in [5.74, 6) is -5.51. The van der Waals surface area contributed by atoms with Crippen LogP contribution in [0.15, 0.2) is 90.1 Å². The van der Waals surface area contributed by atoms with Crippen LogP contribution in [0.2, 0.25) is 0 Å². The minimum atomic E-state index is -5.08. The first-order valence-electron chi connectivity index (χ1n) is 13.7. The Morgan fingerprint density at radius 1 is 0.812 bits per heavy atom. The number of fused-ring (bicyclic) bond motifs is 2. The second kappa shape index (κ2) is 13.9. The first-order chi connectivity index (χ1) is 22.5. The Morgan fingerprint density at radius 2 is 1.35 bits per heavy atom. The Balaban J connectivity index is 0.000000314. The highest BCUT2D eigenvalue weighted by Crippen LogP contribution is 2.33. The van der Waals surface area contributed by atoms with Crippen LogP contribution in [0.4, 0.5) is 26.3 Å². The van der Waals surface area contributed by atoms with Crippen molar-refractivity contribution in [2.24, 2.45) is 12.8 Å². The number of carboxylic acid groups (broad SMARTS) is 2. The van der Waals surface area contributed by atoms with E-state index in [1.54, 1.807) is 10.8 Å². The highest BCUT2D eigenvalue weighted by molar-refractivity contribution is 5.97. The molecule has 0 saturated carbocycles. The van der Waals surface area contributed by atoms with E-state index in [-0.39, 0.29) is 5.69 Å². The summed E-state index contributed by atoms with van der Waals surface area (Å²) >= 11 is 0. The van der Waals surface area contributed by atoms with Gasteiger partial charge in [0, 0.05) is 59.6 Å². The topological polar surface area (TPSA) is 161 Å². The maximum atomic E-state index is 13.0. The Labute approximate surface area is 266 Å². The number of nitrogens with one attached hydrogen (secondary N) is 1. The van der Waals surface area contributed by atoms with Gasteiger partial charge in [0.05, 0.1) is 29.3 Å². The van der Waals surface area contributed by atoms with Crippen molar-refractivity contribution in [3.63, 3.8) is 0 Å². The number of aromatic amines is 1. The van der Waals surface area contributed by atoms with E-state index < -0.39 is 24.3 Å². The van der Waals surface area contributed by atoms with Gasteiger partial charge in [-0.2, -0.15) is 26.3 Å². The molecule has 0 fully saturated rings. The molecule has 252 valence electrons. The van der Waals surface area contributed by atoms with Gasteiger partial charge in [-0.3, -0.25) is 9.55 Å². The van der Waals surface area contributed by atoms with Crippen LogP contribution in [-0.4, -0.2) is 58.2 Å². The van der Waals surface area contributed by atoms with Gasteiger partial charge in [0.15, 0.2) is 0 Å². The van der Waals surface area contributed by atoms with E-state index in [0.717, 1.165) is 50.1 Å². The third-order valence-corrected chi connectivity index (χ3v) is 6.85. The molecule has 6 rings (SSSR count). The summed E-state index contributed by atoms with van der Waals surface area (Å²) in [6.07, 6.45) is -4.26. The normalized spacial score (nSPS) is 11.5. The molecule has 0 spiro atoms. The zero-order valence-corrected chi connectivity index (χ0v) is 24.8. The fourth-order valence-corrected chi connectivity index (χ4v) is 4.79. The van der Waals surface area contributed by atoms with Crippen LogP contribution >= 0.6 is 0 Å². The lowest BCUT2D eigenvalue weighted by Gasteiger charge is -2.06. The fraction of sp³-hybridized carbons (Fsp3) is 0.161. The zero-order chi connectivity index (χ0) is 35.4. The molecule has 0 aliphatic carbocycles. The van der Waals surface area contributed by atoms with Gasteiger partial charge < -0.3 is 30.1 Å². The molecule has 4 aromatic heterocycles. The number of alkyl halides is 6. The molecule has 2 aromatic carbocycles. The monoisotopic (exact) mass is 676 g/mol. The Kier molecular flexibility index (Phi) is 10.1. The maximum absolute atomic E-state index is 13.0. The lowest BCUT2D eigenvalue weighted by Crippen LogP contribution is -2.21. The standard InChI is InChI=1S/C27H24N6O.2C2HF3O2/c1-31-17-26(21-10-3-4-11-23(21)31)33-25(14-29-27(33)34)22-16-32(24-12-5-2-9-20(22)24)15-19-8-6-7-18(13-28)30-19;2*3-2(4,5)1(6)7/h2-12,14,16-17H,13,15,28H2,1H3,(H,29,34);2*(H,6,7). The number of rotatable bonds is 5. The van der Waals surface area contributed by atoms with E-state index in [1.165, 1.54) is 0 Å². The summed E-state index contributed by atoms with van der Waals surface area (Å²) in [7, 11) is 2.00. The number of nitrogens with two attached hydrogens (primary N) is 1. The average Bonchev–Trinajstić information content (AvgIpc) is 3.69. The quantitative estimate of drug-likeness (QED) is 0.177. The molecule has 0 aliphatic heterocycles. The summed E-state index contributed by atoms with van der Waals surface area (Å²) in [5, 5.41) is 16.4. The molecule has 4 heterocycles. The number of carboxylic acids is 2. The van der Waals surface area contributed by atoms with Crippen molar-refractivity contribution in [1.82, 2.24) is 23.7 Å². The third-order valence-electron chi connectivity index (χ3n) is 6.85. The molecule has 0 unspecified atom stereocenters. The van der Waals surface area contributed by atoms with Crippen LogP contribution in [0.5, 0.6) is 0 Å². The number of hydrogen-bond acceptors (Lipinski definition) is 5. The number of aromatic nitrogens is 5. The molecule has 0 radical (unpaired) electrons. The smallest absolute Gasteiger partial charge is 0.475 e. The lowest BCUT2D eigenvalue weighted by atomic mass is 10.1. The highest BCUT2D eigenvalue weighted by atomic mass is 19.4. The van der Waals surface area contributed by atoms with Crippen molar-refractivity contribution in [2.45, 2.75) is 25.4 Å². The van der Waals surface area contributed by atoms with Crippen LogP contribution < -0.4 is 11.4 Å². The van der Waals surface area contributed by atoms with Gasteiger partial charge in [-0.05, 0) is 24.3 Å². The maximum Gasteiger partial charge on any atom is 0.490 e. The molecule has 6 aromatic rings. The largest absolute Gasteiger partial charge is 0.490 e. The first-order valence-corrected chi connectivity index (χ1v) is 13.7. The number of imidazole rings is 1. The Morgan fingerprint density at radius 3 is 1.94 bits per heavy atom. The third kappa shape index (κ3) is 7.75. The van der Waals surface area contributed by atoms with E-state index in [0.29, 0.717) is 13.1 Å². The second-order valence-corrected chi connectivity index (χ2v) is 10.1. The average molecular weight is 677 g/mol.